The summed E-state index contributed by atoms with van der Waals surface area (Å²) in [4.78, 5) is 3.21. The van der Waals surface area contributed by atoms with Crippen LogP contribution in [0.25, 0.3) is 0 Å². The molecule has 4 heterocycles. The standard InChI is InChI=1S/C16H22N2O2/c1-15-6-16(2)9-17(7-15)14(18(8-15)10-16)12-4-3-11(19)5-13(12)20/h3-5,14,19-20H,6-10H2,1-2H3/p+2. The highest BCUT2D eigenvalue weighted by molar-refractivity contribution is 5.39. The number of benzene rings is 1. The molecule has 4 saturated heterocycles. The quantitative estimate of drug-likeness (QED) is 0.549. The zero-order valence-corrected chi connectivity index (χ0v) is 12.2. The molecule has 0 unspecified atom stereocenters. The van der Waals surface area contributed by atoms with Crippen molar-refractivity contribution in [3.05, 3.63) is 23.8 Å². The summed E-state index contributed by atoms with van der Waals surface area (Å²) in [7, 11) is 0. The monoisotopic (exact) mass is 276 g/mol. The Morgan fingerprint density at radius 2 is 1.55 bits per heavy atom. The number of phenols is 2. The summed E-state index contributed by atoms with van der Waals surface area (Å²) in [5.41, 5.74) is 1.91. The van der Waals surface area contributed by atoms with Crippen molar-refractivity contribution in [2.75, 3.05) is 26.2 Å². The Balaban J connectivity index is 1.74. The first-order valence-corrected chi connectivity index (χ1v) is 7.59. The fourth-order valence-electron chi connectivity index (χ4n) is 5.64. The molecule has 0 spiro atoms. The van der Waals surface area contributed by atoms with Gasteiger partial charge in [0.25, 0.3) is 0 Å². The third-order valence-corrected chi connectivity index (χ3v) is 5.61. The summed E-state index contributed by atoms with van der Waals surface area (Å²) in [5.74, 6) is 0.391. The van der Waals surface area contributed by atoms with Crippen LogP contribution in [0.1, 0.15) is 32.0 Å². The van der Waals surface area contributed by atoms with Crippen LogP contribution in [0.2, 0.25) is 0 Å². The van der Waals surface area contributed by atoms with Crippen LogP contribution in [-0.2, 0) is 0 Å². The van der Waals surface area contributed by atoms with Gasteiger partial charge < -0.3 is 10.2 Å². The minimum Gasteiger partial charge on any atom is -0.508 e. The van der Waals surface area contributed by atoms with E-state index in [1.165, 1.54) is 38.7 Å². The number of quaternary nitrogens is 2. The molecule has 0 aromatic heterocycles. The largest absolute Gasteiger partial charge is 0.508 e. The molecule has 0 atom stereocenters. The zero-order chi connectivity index (χ0) is 14.1. The highest BCUT2D eigenvalue weighted by atomic mass is 16.3. The van der Waals surface area contributed by atoms with Gasteiger partial charge in [0.05, 0.1) is 37.0 Å². The number of nitrogens with one attached hydrogen (secondary N) is 2. The molecule has 4 fully saturated rings. The normalized spacial score (nSPS) is 45.8. The van der Waals surface area contributed by atoms with Crippen molar-refractivity contribution in [1.82, 2.24) is 0 Å². The average molecular weight is 276 g/mol. The van der Waals surface area contributed by atoms with Crippen molar-refractivity contribution in [2.45, 2.75) is 26.4 Å². The number of aromatic hydroxyl groups is 2. The highest BCUT2D eigenvalue weighted by Crippen LogP contribution is 2.40. The first kappa shape index (κ1) is 12.5. The smallest absolute Gasteiger partial charge is 0.243 e. The SMILES string of the molecule is CC12C[NH+]3CC(C)(C[NH+](C1)C3c1ccc(O)cc1O)C2. The Labute approximate surface area is 119 Å². The molecular weight excluding hydrogens is 252 g/mol. The van der Waals surface area contributed by atoms with Crippen LogP contribution in [0.3, 0.4) is 0 Å². The van der Waals surface area contributed by atoms with Gasteiger partial charge in [0, 0.05) is 6.07 Å². The number of hydrogen-bond donors (Lipinski definition) is 4. The lowest BCUT2D eigenvalue weighted by molar-refractivity contribution is -1.18. The molecule has 0 saturated carbocycles. The number of rotatable bonds is 1. The van der Waals surface area contributed by atoms with E-state index in [1.54, 1.807) is 15.9 Å². The van der Waals surface area contributed by atoms with E-state index in [0.717, 1.165) is 5.56 Å². The molecule has 0 radical (unpaired) electrons. The lowest BCUT2D eigenvalue weighted by Gasteiger charge is -2.60. The predicted molar refractivity (Wildman–Crippen MR) is 74.7 cm³/mol. The van der Waals surface area contributed by atoms with Gasteiger partial charge in [-0.15, -0.1) is 0 Å². The lowest BCUT2D eigenvalue weighted by Crippen LogP contribution is -3.40. The fraction of sp³-hybridized carbons (Fsp3) is 0.625. The molecule has 20 heavy (non-hydrogen) atoms. The van der Waals surface area contributed by atoms with Gasteiger partial charge in [0.1, 0.15) is 17.1 Å². The van der Waals surface area contributed by atoms with Crippen molar-refractivity contribution in [2.24, 2.45) is 10.8 Å². The van der Waals surface area contributed by atoms with Gasteiger partial charge in [-0.05, 0) is 32.4 Å². The van der Waals surface area contributed by atoms with E-state index >= 15 is 0 Å². The molecule has 0 aliphatic carbocycles. The molecule has 1 aromatic carbocycles. The maximum absolute atomic E-state index is 10.2. The Hall–Kier alpha value is -1.26. The molecule has 108 valence electrons. The maximum atomic E-state index is 10.2. The Bertz CT molecular complexity index is 536. The Morgan fingerprint density at radius 3 is 2.05 bits per heavy atom. The molecule has 4 aliphatic rings. The second kappa shape index (κ2) is 3.68. The summed E-state index contributed by atoms with van der Waals surface area (Å²) in [5, 5.41) is 19.7. The second-order valence-corrected chi connectivity index (χ2v) is 8.00. The van der Waals surface area contributed by atoms with E-state index < -0.39 is 0 Å². The molecule has 4 nitrogen and oxygen atoms in total. The van der Waals surface area contributed by atoms with Crippen LogP contribution >= 0.6 is 0 Å². The lowest BCUT2D eigenvalue weighted by atomic mass is 9.63. The molecule has 1 aromatic rings. The molecule has 4 bridgehead atoms. The van der Waals surface area contributed by atoms with Crippen LogP contribution in [0.4, 0.5) is 0 Å². The number of hydrogen-bond acceptors (Lipinski definition) is 2. The number of phenolic OH excluding ortho intramolecular Hbond substituents is 2. The van der Waals surface area contributed by atoms with Gasteiger partial charge in [0.15, 0.2) is 0 Å². The van der Waals surface area contributed by atoms with E-state index in [1.807, 2.05) is 6.07 Å². The Morgan fingerprint density at radius 1 is 1.00 bits per heavy atom. The molecule has 4 aliphatic heterocycles. The third kappa shape index (κ3) is 1.68. The number of piperidine rings is 2. The summed E-state index contributed by atoms with van der Waals surface area (Å²) in [6.07, 6.45) is 1.68. The van der Waals surface area contributed by atoms with Gasteiger partial charge in [-0.1, -0.05) is 0 Å². The van der Waals surface area contributed by atoms with E-state index in [9.17, 15) is 10.2 Å². The van der Waals surface area contributed by atoms with E-state index in [4.69, 9.17) is 0 Å². The maximum Gasteiger partial charge on any atom is 0.243 e. The average Bonchev–Trinajstić information content (AvgIpc) is 2.27. The molecule has 5 rings (SSSR count). The summed E-state index contributed by atoms with van der Waals surface area (Å²) >= 11 is 0. The molecule has 0 amide bonds. The minimum absolute atomic E-state index is 0.143. The first-order valence-electron chi connectivity index (χ1n) is 7.59. The molecular formula is C16H24N2O2+2. The van der Waals surface area contributed by atoms with Crippen LogP contribution < -0.4 is 9.80 Å². The van der Waals surface area contributed by atoms with Gasteiger partial charge in [-0.3, -0.25) is 9.80 Å². The minimum atomic E-state index is 0.143. The van der Waals surface area contributed by atoms with Crippen molar-refractivity contribution in [1.29, 1.82) is 0 Å². The van der Waals surface area contributed by atoms with Crippen LogP contribution in [-0.4, -0.2) is 36.4 Å². The predicted octanol–water partition coefficient (Wildman–Crippen LogP) is -0.690. The van der Waals surface area contributed by atoms with E-state index in [2.05, 4.69) is 13.8 Å². The van der Waals surface area contributed by atoms with Crippen LogP contribution in [0, 0.1) is 10.8 Å². The van der Waals surface area contributed by atoms with Crippen molar-refractivity contribution >= 4 is 0 Å². The van der Waals surface area contributed by atoms with Crippen molar-refractivity contribution in [3.63, 3.8) is 0 Å². The van der Waals surface area contributed by atoms with Gasteiger partial charge in [0.2, 0.25) is 6.17 Å². The third-order valence-electron chi connectivity index (χ3n) is 5.61. The van der Waals surface area contributed by atoms with Gasteiger partial charge in [-0.2, -0.15) is 0 Å². The summed E-state index contributed by atoms with van der Waals surface area (Å²) in [6, 6.07) is 5.08. The van der Waals surface area contributed by atoms with Crippen molar-refractivity contribution < 1.29 is 20.0 Å². The molecule has 4 heteroatoms. The van der Waals surface area contributed by atoms with E-state index in [-0.39, 0.29) is 11.5 Å². The van der Waals surface area contributed by atoms with Crippen LogP contribution in [0.15, 0.2) is 18.2 Å². The van der Waals surface area contributed by atoms with Crippen molar-refractivity contribution in [3.8, 4) is 11.5 Å². The summed E-state index contributed by atoms with van der Waals surface area (Å²) < 4.78 is 0. The van der Waals surface area contributed by atoms with Gasteiger partial charge >= 0.3 is 0 Å². The second-order valence-electron chi connectivity index (χ2n) is 8.00. The highest BCUT2D eigenvalue weighted by Gasteiger charge is 2.63. The van der Waals surface area contributed by atoms with E-state index in [0.29, 0.717) is 17.0 Å². The molecule has 4 N–H and O–H groups in total. The van der Waals surface area contributed by atoms with Gasteiger partial charge in [-0.25, -0.2) is 0 Å². The fourth-order valence-corrected chi connectivity index (χ4v) is 5.64. The zero-order valence-electron chi connectivity index (χ0n) is 12.2. The first-order chi connectivity index (χ1) is 9.38. The summed E-state index contributed by atoms with van der Waals surface area (Å²) in [6.45, 7) is 9.68. The topological polar surface area (TPSA) is 49.3 Å². The Kier molecular flexibility index (Phi) is 2.30. The van der Waals surface area contributed by atoms with Crippen LogP contribution in [0.5, 0.6) is 11.5 Å².